The summed E-state index contributed by atoms with van der Waals surface area (Å²) in [7, 11) is 0. The van der Waals surface area contributed by atoms with Crippen LogP contribution >= 0.6 is 22.9 Å². The van der Waals surface area contributed by atoms with E-state index < -0.39 is 0 Å². The van der Waals surface area contributed by atoms with Gasteiger partial charge in [0.1, 0.15) is 0 Å². The van der Waals surface area contributed by atoms with E-state index in [-0.39, 0.29) is 0 Å². The Morgan fingerprint density at radius 2 is 1.93 bits per heavy atom. The largest absolute Gasteiger partial charge is 0.490 e. The summed E-state index contributed by atoms with van der Waals surface area (Å²) in [5, 5.41) is 7.45. The van der Waals surface area contributed by atoms with Gasteiger partial charge in [0, 0.05) is 10.9 Å². The first-order valence-electron chi connectivity index (χ1n) is 8.60. The van der Waals surface area contributed by atoms with Crippen molar-refractivity contribution in [2.45, 2.75) is 13.8 Å². The van der Waals surface area contributed by atoms with Crippen LogP contribution in [0.4, 0.5) is 5.13 Å². The smallest absolute Gasteiger partial charge is 0.203 e. The first-order chi connectivity index (χ1) is 13.2. The zero-order valence-corrected chi connectivity index (χ0v) is 16.7. The number of ether oxygens (including phenoxy) is 2. The predicted octanol–water partition coefficient (Wildman–Crippen LogP) is 5.71. The average Bonchev–Trinajstić information content (AvgIpc) is 3.14. The van der Waals surface area contributed by atoms with Crippen molar-refractivity contribution in [2.75, 3.05) is 18.6 Å². The highest BCUT2D eigenvalue weighted by atomic mass is 35.5. The van der Waals surface area contributed by atoms with Crippen LogP contribution in [0.25, 0.3) is 11.3 Å². The fraction of sp³-hybridized carbons (Fsp3) is 0.200. The Hall–Kier alpha value is -2.57. The molecule has 0 saturated heterocycles. The van der Waals surface area contributed by atoms with Crippen molar-refractivity contribution in [2.24, 2.45) is 5.10 Å². The van der Waals surface area contributed by atoms with Crippen LogP contribution in [0.2, 0.25) is 5.02 Å². The SMILES string of the molecule is CCOc1cc(C=NNc2nc(-c3ccccc3)cs2)cc(Cl)c1OCC. The number of nitrogens with one attached hydrogen (secondary N) is 1. The fourth-order valence-corrected chi connectivity index (χ4v) is 3.38. The van der Waals surface area contributed by atoms with Gasteiger partial charge in [-0.1, -0.05) is 41.9 Å². The molecule has 0 unspecified atom stereocenters. The summed E-state index contributed by atoms with van der Waals surface area (Å²) in [6, 6.07) is 13.7. The number of anilines is 1. The normalized spacial score (nSPS) is 10.9. The molecule has 0 saturated carbocycles. The van der Waals surface area contributed by atoms with Crippen LogP contribution in [0.15, 0.2) is 52.9 Å². The van der Waals surface area contributed by atoms with Gasteiger partial charge in [0.15, 0.2) is 11.5 Å². The van der Waals surface area contributed by atoms with Gasteiger partial charge < -0.3 is 9.47 Å². The molecule has 3 rings (SSSR count). The molecule has 0 bridgehead atoms. The third kappa shape index (κ3) is 4.99. The Morgan fingerprint density at radius 1 is 1.15 bits per heavy atom. The molecule has 1 N–H and O–H groups in total. The number of aromatic nitrogens is 1. The zero-order chi connectivity index (χ0) is 19.1. The first-order valence-corrected chi connectivity index (χ1v) is 9.86. The van der Waals surface area contributed by atoms with Crippen molar-refractivity contribution in [3.05, 3.63) is 58.4 Å². The minimum atomic E-state index is 0.491. The number of hydrogen-bond donors (Lipinski definition) is 1. The zero-order valence-electron chi connectivity index (χ0n) is 15.1. The molecule has 1 heterocycles. The van der Waals surface area contributed by atoms with Gasteiger partial charge in [0.05, 0.1) is 30.1 Å². The molecule has 5 nitrogen and oxygen atoms in total. The molecule has 140 valence electrons. The molecule has 0 aliphatic rings. The summed E-state index contributed by atoms with van der Waals surface area (Å²) >= 11 is 7.82. The fourth-order valence-electron chi connectivity index (χ4n) is 2.44. The molecule has 3 aromatic rings. The van der Waals surface area contributed by atoms with Crippen LogP contribution in [0.3, 0.4) is 0 Å². The second-order valence-electron chi connectivity index (χ2n) is 5.47. The van der Waals surface area contributed by atoms with Crippen molar-refractivity contribution < 1.29 is 9.47 Å². The van der Waals surface area contributed by atoms with Crippen LogP contribution in [0.1, 0.15) is 19.4 Å². The summed E-state index contributed by atoms with van der Waals surface area (Å²) in [6.45, 7) is 4.86. The van der Waals surface area contributed by atoms with Gasteiger partial charge in [-0.25, -0.2) is 4.98 Å². The van der Waals surface area contributed by atoms with E-state index in [0.29, 0.717) is 34.9 Å². The maximum Gasteiger partial charge on any atom is 0.203 e. The number of halogens is 1. The second kappa shape index (κ2) is 9.39. The maximum atomic E-state index is 6.32. The molecule has 0 spiro atoms. The van der Waals surface area contributed by atoms with Gasteiger partial charge in [-0.15, -0.1) is 11.3 Å². The molecule has 2 aromatic carbocycles. The third-order valence-electron chi connectivity index (χ3n) is 3.57. The lowest BCUT2D eigenvalue weighted by Gasteiger charge is -2.13. The van der Waals surface area contributed by atoms with Crippen LogP contribution in [-0.4, -0.2) is 24.4 Å². The summed E-state index contributed by atoms with van der Waals surface area (Å²) in [5.74, 6) is 1.16. The standard InChI is InChI=1S/C20H20ClN3O2S/c1-3-25-18-11-14(10-16(21)19(18)26-4-2)12-22-24-20-23-17(13-27-20)15-8-6-5-7-9-15/h5-13H,3-4H2,1-2H3,(H,23,24). The van der Waals surface area contributed by atoms with Crippen LogP contribution in [-0.2, 0) is 0 Å². The van der Waals surface area contributed by atoms with Gasteiger partial charge in [-0.05, 0) is 31.5 Å². The van der Waals surface area contributed by atoms with Gasteiger partial charge in [0.25, 0.3) is 0 Å². The summed E-state index contributed by atoms with van der Waals surface area (Å²) in [5.41, 5.74) is 5.75. The number of nitrogens with zero attached hydrogens (tertiary/aromatic N) is 2. The van der Waals surface area contributed by atoms with E-state index >= 15 is 0 Å². The predicted molar refractivity (Wildman–Crippen MR) is 113 cm³/mol. The van der Waals surface area contributed by atoms with Crippen molar-refractivity contribution in [1.82, 2.24) is 4.98 Å². The van der Waals surface area contributed by atoms with Crippen LogP contribution < -0.4 is 14.9 Å². The summed E-state index contributed by atoms with van der Waals surface area (Å²) in [6.07, 6.45) is 1.67. The Kier molecular flexibility index (Phi) is 6.68. The van der Waals surface area contributed by atoms with E-state index in [0.717, 1.165) is 16.8 Å². The van der Waals surface area contributed by atoms with E-state index in [2.05, 4.69) is 15.5 Å². The van der Waals surface area contributed by atoms with Crippen molar-refractivity contribution in [3.8, 4) is 22.8 Å². The Balaban J connectivity index is 1.72. The highest BCUT2D eigenvalue weighted by Crippen LogP contribution is 2.36. The molecule has 1 aromatic heterocycles. The lowest BCUT2D eigenvalue weighted by Crippen LogP contribution is -2.00. The number of hydrogen-bond acceptors (Lipinski definition) is 6. The third-order valence-corrected chi connectivity index (χ3v) is 4.60. The molecular formula is C20H20ClN3O2S. The molecule has 0 radical (unpaired) electrons. The number of rotatable bonds is 8. The molecule has 0 amide bonds. The van der Waals surface area contributed by atoms with E-state index in [1.807, 2.05) is 55.6 Å². The lowest BCUT2D eigenvalue weighted by molar-refractivity contribution is 0.288. The van der Waals surface area contributed by atoms with Gasteiger partial charge >= 0.3 is 0 Å². The minimum absolute atomic E-state index is 0.491. The number of benzene rings is 2. The lowest BCUT2D eigenvalue weighted by atomic mass is 10.2. The molecule has 0 aliphatic carbocycles. The summed E-state index contributed by atoms with van der Waals surface area (Å²) in [4.78, 5) is 4.54. The Bertz CT molecular complexity index is 913. The number of thiazole rings is 1. The molecule has 0 aliphatic heterocycles. The maximum absolute atomic E-state index is 6.32. The van der Waals surface area contributed by atoms with Gasteiger partial charge in [-0.2, -0.15) is 5.10 Å². The van der Waals surface area contributed by atoms with Gasteiger partial charge in [-0.3, -0.25) is 5.43 Å². The monoisotopic (exact) mass is 401 g/mol. The Morgan fingerprint density at radius 3 is 2.67 bits per heavy atom. The van der Waals surface area contributed by atoms with E-state index in [1.54, 1.807) is 12.3 Å². The van der Waals surface area contributed by atoms with Crippen molar-refractivity contribution in [3.63, 3.8) is 0 Å². The molecule has 0 fully saturated rings. The van der Waals surface area contributed by atoms with Crippen molar-refractivity contribution in [1.29, 1.82) is 0 Å². The van der Waals surface area contributed by atoms with E-state index in [4.69, 9.17) is 21.1 Å². The average molecular weight is 402 g/mol. The van der Waals surface area contributed by atoms with Crippen LogP contribution in [0, 0.1) is 0 Å². The molecule has 27 heavy (non-hydrogen) atoms. The quantitative estimate of drug-likeness (QED) is 0.388. The Labute approximate surface area is 167 Å². The first kappa shape index (κ1) is 19.2. The second-order valence-corrected chi connectivity index (χ2v) is 6.74. The van der Waals surface area contributed by atoms with Crippen molar-refractivity contribution >= 4 is 34.3 Å². The molecule has 0 atom stereocenters. The summed E-state index contributed by atoms with van der Waals surface area (Å²) < 4.78 is 11.2. The van der Waals surface area contributed by atoms with E-state index in [9.17, 15) is 0 Å². The topological polar surface area (TPSA) is 55.7 Å². The van der Waals surface area contributed by atoms with E-state index in [1.165, 1.54) is 11.3 Å². The number of hydrazone groups is 1. The van der Waals surface area contributed by atoms with Crippen LogP contribution in [0.5, 0.6) is 11.5 Å². The highest BCUT2D eigenvalue weighted by molar-refractivity contribution is 7.14. The molecule has 7 heteroatoms. The minimum Gasteiger partial charge on any atom is -0.490 e. The van der Waals surface area contributed by atoms with Gasteiger partial charge in [0.2, 0.25) is 5.13 Å². The highest BCUT2D eigenvalue weighted by Gasteiger charge is 2.11. The molecular weight excluding hydrogens is 382 g/mol.